The molecule has 18 heavy (non-hydrogen) atoms. The van der Waals surface area contributed by atoms with Crippen molar-refractivity contribution in [3.8, 4) is 0 Å². The fourth-order valence-corrected chi connectivity index (χ4v) is 4.24. The molecule has 2 aliphatic carbocycles. The normalized spacial score (nSPS) is 32.5. The van der Waals surface area contributed by atoms with Crippen molar-refractivity contribution in [1.29, 1.82) is 0 Å². The maximum absolute atomic E-state index is 2.92. The number of rotatable bonds is 4. The number of likely N-dealkylation sites (N-methyl/N-ethyl adjacent to an activating group) is 1. The van der Waals surface area contributed by atoms with E-state index in [4.69, 9.17) is 0 Å². The molecule has 1 heterocycles. The van der Waals surface area contributed by atoms with Crippen molar-refractivity contribution < 1.29 is 0 Å². The van der Waals surface area contributed by atoms with E-state index in [9.17, 15) is 0 Å². The van der Waals surface area contributed by atoms with E-state index in [1.54, 1.807) is 0 Å². The summed E-state index contributed by atoms with van der Waals surface area (Å²) >= 11 is 0. The number of likely N-dealkylation sites (tertiary alicyclic amines) is 1. The Kier molecular flexibility index (Phi) is 3.68. The molecule has 2 nitrogen and oxygen atoms in total. The van der Waals surface area contributed by atoms with Crippen molar-refractivity contribution >= 4 is 0 Å². The van der Waals surface area contributed by atoms with Gasteiger partial charge >= 0.3 is 0 Å². The molecule has 0 unspecified atom stereocenters. The average molecular weight is 250 g/mol. The lowest BCUT2D eigenvalue weighted by atomic mass is 9.79. The second-order valence-electron chi connectivity index (χ2n) is 7.06. The maximum atomic E-state index is 2.92. The van der Waals surface area contributed by atoms with Crippen LogP contribution in [0.15, 0.2) is 0 Å². The summed E-state index contributed by atoms with van der Waals surface area (Å²) < 4.78 is 0. The highest BCUT2D eigenvalue weighted by atomic mass is 15.3. The summed E-state index contributed by atoms with van der Waals surface area (Å²) in [6, 6.07) is 0.826. The van der Waals surface area contributed by atoms with Crippen LogP contribution < -0.4 is 0 Å². The zero-order valence-electron chi connectivity index (χ0n) is 12.3. The number of hydrogen-bond acceptors (Lipinski definition) is 2. The van der Waals surface area contributed by atoms with Gasteiger partial charge in [-0.15, -0.1) is 0 Å². The van der Waals surface area contributed by atoms with E-state index in [0.29, 0.717) is 5.54 Å². The quantitative estimate of drug-likeness (QED) is 0.756. The third-order valence-corrected chi connectivity index (χ3v) is 5.80. The van der Waals surface area contributed by atoms with Crippen LogP contribution in [0.1, 0.15) is 58.3 Å². The highest BCUT2D eigenvalue weighted by Gasteiger charge is 2.47. The minimum Gasteiger partial charge on any atom is -0.302 e. The summed E-state index contributed by atoms with van der Waals surface area (Å²) in [5.74, 6) is 1.05. The van der Waals surface area contributed by atoms with Gasteiger partial charge < -0.3 is 4.90 Å². The van der Waals surface area contributed by atoms with Gasteiger partial charge in [-0.2, -0.15) is 0 Å². The SMILES string of the molecule is CCN(C)[C@H]1CN(CC2CC2)C2(CCCCC2)C1. The lowest BCUT2D eigenvalue weighted by molar-refractivity contribution is 0.0883. The Hall–Kier alpha value is -0.0800. The summed E-state index contributed by atoms with van der Waals surface area (Å²) in [5.41, 5.74) is 0.606. The standard InChI is InChI=1S/C16H30N2/c1-3-17(2)15-11-16(9-5-4-6-10-16)18(13-15)12-14-7-8-14/h14-15H,3-13H2,1-2H3/t15-/m1/s1. The summed E-state index contributed by atoms with van der Waals surface area (Å²) in [6.45, 7) is 6.27. The van der Waals surface area contributed by atoms with Gasteiger partial charge in [-0.25, -0.2) is 0 Å². The van der Waals surface area contributed by atoms with E-state index in [-0.39, 0.29) is 0 Å². The Morgan fingerprint density at radius 3 is 2.50 bits per heavy atom. The molecule has 0 amide bonds. The van der Waals surface area contributed by atoms with Gasteiger partial charge in [0, 0.05) is 24.7 Å². The van der Waals surface area contributed by atoms with Crippen LogP contribution in [0.3, 0.4) is 0 Å². The summed E-state index contributed by atoms with van der Waals surface area (Å²) in [4.78, 5) is 5.50. The Labute approximate surface area is 113 Å². The van der Waals surface area contributed by atoms with E-state index in [2.05, 4.69) is 23.8 Å². The topological polar surface area (TPSA) is 6.48 Å². The summed E-state index contributed by atoms with van der Waals surface area (Å²) in [5, 5.41) is 0. The molecule has 1 aliphatic heterocycles. The molecule has 1 saturated heterocycles. The maximum Gasteiger partial charge on any atom is 0.0237 e. The summed E-state index contributed by atoms with van der Waals surface area (Å²) in [6.07, 6.45) is 11.8. The fraction of sp³-hybridized carbons (Fsp3) is 1.00. The monoisotopic (exact) mass is 250 g/mol. The molecule has 0 aromatic carbocycles. The van der Waals surface area contributed by atoms with Gasteiger partial charge in [0.2, 0.25) is 0 Å². The van der Waals surface area contributed by atoms with Crippen LogP contribution in [0.4, 0.5) is 0 Å². The Morgan fingerprint density at radius 1 is 1.17 bits per heavy atom. The minimum absolute atomic E-state index is 0.606. The smallest absolute Gasteiger partial charge is 0.0237 e. The first-order valence-corrected chi connectivity index (χ1v) is 8.19. The minimum atomic E-state index is 0.606. The van der Waals surface area contributed by atoms with E-state index in [1.165, 1.54) is 71.0 Å². The number of hydrogen-bond donors (Lipinski definition) is 0. The largest absolute Gasteiger partial charge is 0.302 e. The molecule has 0 radical (unpaired) electrons. The Balaban J connectivity index is 1.71. The molecule has 3 rings (SSSR count). The zero-order valence-corrected chi connectivity index (χ0v) is 12.3. The van der Waals surface area contributed by atoms with Gasteiger partial charge in [-0.3, -0.25) is 4.90 Å². The van der Waals surface area contributed by atoms with Crippen LogP contribution in [-0.4, -0.2) is 48.1 Å². The first-order valence-electron chi connectivity index (χ1n) is 8.19. The van der Waals surface area contributed by atoms with Crippen LogP contribution in [0.2, 0.25) is 0 Å². The van der Waals surface area contributed by atoms with Gasteiger partial charge in [0.15, 0.2) is 0 Å². The van der Waals surface area contributed by atoms with Gasteiger partial charge in [-0.05, 0) is 51.6 Å². The second-order valence-corrected chi connectivity index (χ2v) is 7.06. The third-order valence-electron chi connectivity index (χ3n) is 5.80. The van der Waals surface area contributed by atoms with Crippen molar-refractivity contribution in [2.45, 2.75) is 69.9 Å². The first kappa shape index (κ1) is 12.9. The lowest BCUT2D eigenvalue weighted by Gasteiger charge is -2.41. The first-order chi connectivity index (χ1) is 8.73. The van der Waals surface area contributed by atoms with Gasteiger partial charge in [0.25, 0.3) is 0 Å². The van der Waals surface area contributed by atoms with E-state index in [1.807, 2.05) is 0 Å². The van der Waals surface area contributed by atoms with Gasteiger partial charge in [0.1, 0.15) is 0 Å². The van der Waals surface area contributed by atoms with Crippen molar-refractivity contribution in [1.82, 2.24) is 9.80 Å². The molecule has 2 heteroatoms. The molecule has 3 fully saturated rings. The van der Waals surface area contributed by atoms with Crippen molar-refractivity contribution in [2.24, 2.45) is 5.92 Å². The average Bonchev–Trinajstić information content (AvgIpc) is 3.15. The molecule has 0 aromatic rings. The van der Waals surface area contributed by atoms with Gasteiger partial charge in [0.05, 0.1) is 0 Å². The third kappa shape index (κ3) is 2.46. The highest BCUT2D eigenvalue weighted by molar-refractivity contribution is 5.04. The van der Waals surface area contributed by atoms with Crippen molar-refractivity contribution in [3.05, 3.63) is 0 Å². The molecule has 3 aliphatic rings. The molecule has 1 atom stereocenters. The molecule has 1 spiro atoms. The molecular formula is C16H30N2. The molecular weight excluding hydrogens is 220 g/mol. The second kappa shape index (κ2) is 5.13. The van der Waals surface area contributed by atoms with Crippen LogP contribution in [0.25, 0.3) is 0 Å². The predicted molar refractivity (Wildman–Crippen MR) is 76.8 cm³/mol. The Morgan fingerprint density at radius 2 is 1.89 bits per heavy atom. The Bertz CT molecular complexity index is 279. The molecule has 104 valence electrons. The van der Waals surface area contributed by atoms with Crippen LogP contribution in [0.5, 0.6) is 0 Å². The lowest BCUT2D eigenvalue weighted by Crippen LogP contribution is -2.46. The van der Waals surface area contributed by atoms with Crippen LogP contribution in [0, 0.1) is 5.92 Å². The van der Waals surface area contributed by atoms with Gasteiger partial charge in [-0.1, -0.05) is 26.2 Å². The fourth-order valence-electron chi connectivity index (χ4n) is 4.24. The number of nitrogens with zero attached hydrogens (tertiary/aromatic N) is 2. The van der Waals surface area contributed by atoms with Crippen molar-refractivity contribution in [3.63, 3.8) is 0 Å². The van der Waals surface area contributed by atoms with E-state index >= 15 is 0 Å². The molecule has 0 aromatic heterocycles. The zero-order chi connectivity index (χ0) is 12.6. The summed E-state index contributed by atoms with van der Waals surface area (Å²) in [7, 11) is 2.32. The van der Waals surface area contributed by atoms with E-state index < -0.39 is 0 Å². The molecule has 2 saturated carbocycles. The molecule has 0 bridgehead atoms. The molecule has 0 N–H and O–H groups in total. The van der Waals surface area contributed by atoms with Crippen molar-refractivity contribution in [2.75, 3.05) is 26.7 Å². The van der Waals surface area contributed by atoms with Crippen LogP contribution in [-0.2, 0) is 0 Å². The van der Waals surface area contributed by atoms with Crippen LogP contribution >= 0.6 is 0 Å². The highest BCUT2D eigenvalue weighted by Crippen LogP contribution is 2.45. The van der Waals surface area contributed by atoms with E-state index in [0.717, 1.165) is 12.0 Å². The predicted octanol–water partition coefficient (Wildman–Crippen LogP) is 3.13.